The molecule has 75 heavy (non-hydrogen) atoms. The summed E-state index contributed by atoms with van der Waals surface area (Å²) < 4.78 is 344. The van der Waals surface area contributed by atoms with E-state index in [4.69, 9.17) is 0 Å². The van der Waals surface area contributed by atoms with Crippen LogP contribution < -0.4 is 26.4 Å². The molecule has 0 aliphatic rings. The van der Waals surface area contributed by atoms with Gasteiger partial charge in [-0.3, -0.25) is 0 Å². The fourth-order valence-electron chi connectivity index (χ4n) is 8.20. The van der Waals surface area contributed by atoms with Gasteiger partial charge in [0.25, 0.3) is 5.01 Å². The number of rotatable bonds is 7. The first-order chi connectivity index (χ1) is 34.1. The average Bonchev–Trinajstić information content (AvgIpc) is 3.64. The van der Waals surface area contributed by atoms with Crippen molar-refractivity contribution >= 4 is 55.6 Å². The van der Waals surface area contributed by atoms with Gasteiger partial charge in [-0.05, 0) is 30.3 Å². The molecule has 1 nitrogen and oxygen atoms in total. The molecule has 0 aliphatic carbocycles. The molecule has 0 radical (unpaired) electrons. The van der Waals surface area contributed by atoms with Gasteiger partial charge in [0.05, 0.1) is 44.5 Å². The highest BCUT2D eigenvalue weighted by atomic mass is 32.1. The second kappa shape index (κ2) is 19.8. The number of hydrogen-bond donors (Lipinski definition) is 0. The van der Waals surface area contributed by atoms with Crippen molar-refractivity contribution in [2.75, 3.05) is 0 Å². The predicted molar refractivity (Wildman–Crippen MR) is 228 cm³/mol. The highest BCUT2D eigenvalue weighted by Gasteiger charge is 2.47. The second-order valence-electron chi connectivity index (χ2n) is 16.4. The summed E-state index contributed by atoms with van der Waals surface area (Å²) in [5.41, 5.74) is -27.6. The lowest BCUT2D eigenvalue weighted by Gasteiger charge is -2.46. The number of alkyl halides is 24. The van der Waals surface area contributed by atoms with Crippen molar-refractivity contribution in [3.8, 4) is 0 Å². The van der Waals surface area contributed by atoms with E-state index in [9.17, 15) is 105 Å². The van der Waals surface area contributed by atoms with E-state index in [0.29, 0.717) is 0 Å². The number of para-hydroxylation sites is 1. The van der Waals surface area contributed by atoms with Crippen LogP contribution in [0.3, 0.4) is 0 Å². The normalized spacial score (nSPS) is 13.4. The Bertz CT molecular complexity index is 2770. The molecule has 0 unspecified atom stereocenters. The van der Waals surface area contributed by atoms with E-state index >= 15 is 0 Å². The van der Waals surface area contributed by atoms with Crippen LogP contribution in [-0.2, 0) is 56.0 Å². The third-order valence-corrected chi connectivity index (χ3v) is 12.6. The molecule has 27 heteroatoms. The third-order valence-electron chi connectivity index (χ3n) is 11.4. The number of nitrogens with zero attached hydrogens (tertiary/aromatic N) is 1. The van der Waals surface area contributed by atoms with Gasteiger partial charge in [0, 0.05) is 17.7 Å². The van der Waals surface area contributed by atoms with Crippen molar-refractivity contribution in [2.45, 2.75) is 56.0 Å². The van der Waals surface area contributed by atoms with Gasteiger partial charge in [0.15, 0.2) is 6.54 Å². The van der Waals surface area contributed by atoms with Crippen molar-refractivity contribution in [2.24, 2.45) is 0 Å². The molecule has 0 amide bonds. The fraction of sp³-hybridized carbons (Fsp3) is 0.188. The van der Waals surface area contributed by atoms with Crippen LogP contribution in [0.5, 0.6) is 0 Å². The van der Waals surface area contributed by atoms with Crippen molar-refractivity contribution in [3.05, 3.63) is 189 Å². The summed E-state index contributed by atoms with van der Waals surface area (Å²) in [6.45, 7) is 4.81. The topological polar surface area (TPSA) is 3.88 Å². The van der Waals surface area contributed by atoms with Crippen molar-refractivity contribution in [1.82, 2.24) is 0 Å². The lowest BCUT2D eigenvalue weighted by molar-refractivity contribution is -0.659. The van der Waals surface area contributed by atoms with Gasteiger partial charge >= 0.3 is 49.4 Å². The lowest BCUT2D eigenvalue weighted by atomic mass is 9.12. The number of benzene rings is 6. The number of halogens is 24. The van der Waals surface area contributed by atoms with E-state index in [-0.39, 0.29) is 0 Å². The van der Waals surface area contributed by atoms with Gasteiger partial charge in [0.1, 0.15) is 10.8 Å². The molecular formula is C48H26BF24NS. The Hall–Kier alpha value is -6.67. The molecular weight excluding hydrogens is 1090 g/mol. The van der Waals surface area contributed by atoms with Crippen molar-refractivity contribution in [1.29, 1.82) is 0 Å². The van der Waals surface area contributed by atoms with Crippen LogP contribution in [0.15, 0.2) is 134 Å². The van der Waals surface area contributed by atoms with Gasteiger partial charge in [-0.25, -0.2) is 0 Å². The Morgan fingerprint density at radius 3 is 0.867 bits per heavy atom. The third kappa shape index (κ3) is 12.7. The first-order valence-corrected chi connectivity index (χ1v) is 21.4. The summed E-state index contributed by atoms with van der Waals surface area (Å²) in [5, 5.41) is 1.21. The Labute approximate surface area is 409 Å². The summed E-state index contributed by atoms with van der Waals surface area (Å²) in [6.07, 6.45) is -52.9. The summed E-state index contributed by atoms with van der Waals surface area (Å²) in [6, 6.07) is 10.2. The lowest BCUT2D eigenvalue weighted by Crippen LogP contribution is -2.75. The first-order valence-electron chi connectivity index (χ1n) is 20.6. The molecule has 0 fully saturated rings. The minimum atomic E-state index is -6.13. The minimum Gasteiger partial charge on any atom is -0.194 e. The van der Waals surface area contributed by atoms with Crippen LogP contribution in [-0.4, -0.2) is 6.15 Å². The largest absolute Gasteiger partial charge is 0.416 e. The highest BCUT2D eigenvalue weighted by molar-refractivity contribution is 7.20. The molecule has 0 bridgehead atoms. The van der Waals surface area contributed by atoms with Crippen LogP contribution in [0, 0.1) is 0 Å². The summed E-state index contributed by atoms with van der Waals surface area (Å²) in [5.74, 6) is 0. The molecule has 0 saturated heterocycles. The molecule has 400 valence electrons. The smallest absolute Gasteiger partial charge is 0.194 e. The predicted octanol–water partition coefficient (Wildman–Crippen LogP) is 15.1. The molecule has 0 spiro atoms. The Balaban J connectivity index is 0.000000421. The molecule has 7 rings (SSSR count). The number of thiazole rings is 1. The summed E-state index contributed by atoms with van der Waals surface area (Å²) in [7, 11) is 0. The number of fused-ring (bicyclic) bond motifs is 1. The zero-order valence-electron chi connectivity index (χ0n) is 36.6. The van der Waals surface area contributed by atoms with Gasteiger partial charge < -0.3 is 0 Å². The van der Waals surface area contributed by atoms with Crippen LogP contribution >= 0.6 is 11.3 Å². The van der Waals surface area contributed by atoms with E-state index < -0.39 is 195 Å². The molecule has 0 aliphatic heterocycles. The number of aromatic nitrogens is 1. The van der Waals surface area contributed by atoms with Crippen LogP contribution in [0.4, 0.5) is 105 Å². The SMILES string of the molecule is C=Cc1sc2ccccc2[n+]1Cc1ccccc1.FC(F)(F)c1cc([B-](c2cc(C(F)(F)F)cc(C(F)(F)F)c2)(c2cc(C(F)(F)F)cc(C(F)(F)F)c2)c2cc(C(F)(F)F)cc(C(F)(F)F)c2)cc(C(F)(F)F)c1. The monoisotopic (exact) mass is 1120 g/mol. The second-order valence-corrected chi connectivity index (χ2v) is 17.5. The summed E-state index contributed by atoms with van der Waals surface area (Å²) >= 11 is 1.79. The molecule has 6 aromatic carbocycles. The van der Waals surface area contributed by atoms with Gasteiger partial charge in [-0.15, -0.1) is 0 Å². The van der Waals surface area contributed by atoms with E-state index in [0.717, 1.165) is 6.54 Å². The maximum atomic E-state index is 14.2. The van der Waals surface area contributed by atoms with Crippen LogP contribution in [0.1, 0.15) is 55.1 Å². The quantitative estimate of drug-likeness (QED) is 0.0851. The van der Waals surface area contributed by atoms with E-state index in [1.165, 1.54) is 20.8 Å². The molecule has 1 heterocycles. The van der Waals surface area contributed by atoms with Gasteiger partial charge in [0.2, 0.25) is 5.52 Å². The fourth-order valence-corrected chi connectivity index (χ4v) is 9.22. The Morgan fingerprint density at radius 2 is 0.613 bits per heavy atom. The minimum absolute atomic E-state index is 0.691. The zero-order chi connectivity index (χ0) is 56.3. The number of hydrogen-bond acceptors (Lipinski definition) is 1. The van der Waals surface area contributed by atoms with E-state index in [1.54, 1.807) is 11.3 Å². The molecule has 0 atom stereocenters. The van der Waals surface area contributed by atoms with Gasteiger partial charge in [-0.2, -0.15) is 132 Å². The Morgan fingerprint density at radius 1 is 0.360 bits per heavy atom. The highest BCUT2D eigenvalue weighted by Crippen LogP contribution is 2.41. The molecule has 1 aromatic heterocycles. The zero-order valence-corrected chi connectivity index (χ0v) is 37.4. The Kier molecular flexibility index (Phi) is 15.2. The van der Waals surface area contributed by atoms with Crippen molar-refractivity contribution in [3.63, 3.8) is 0 Å². The van der Waals surface area contributed by atoms with Crippen LogP contribution in [0.2, 0.25) is 0 Å². The summed E-state index contributed by atoms with van der Waals surface area (Å²) in [4.78, 5) is 0. The average molecular weight is 1120 g/mol. The standard InChI is InChI=1S/C32H12BF24.C16H14NS/c34-25(35,36)13-1-14(26(37,38)39)6-21(5-13)33(22-7-15(27(40,41)42)2-16(8-22)28(43,44)45,23-9-17(29(46,47)48)3-18(10-23)30(49,50)51)24-11-19(31(52,53)54)4-20(12-24)32(55,56)57;1-2-16-17(12-13-8-4-3-5-9-13)14-10-6-7-11-15(14)18-16/h1-12H;2-11H,1,12H2/q-1;+1. The van der Waals surface area contributed by atoms with E-state index in [2.05, 4.69) is 59.7 Å². The van der Waals surface area contributed by atoms with Crippen molar-refractivity contribution < 1.29 is 110 Å². The van der Waals surface area contributed by atoms with E-state index in [1.807, 2.05) is 12.1 Å². The maximum absolute atomic E-state index is 14.2. The molecule has 7 aromatic rings. The molecule has 0 saturated carbocycles. The molecule has 0 N–H and O–H groups in total. The first kappa shape index (κ1) is 57.6. The van der Waals surface area contributed by atoms with Gasteiger partial charge in [-0.1, -0.05) is 109 Å². The maximum Gasteiger partial charge on any atom is 0.416 e. The van der Waals surface area contributed by atoms with Crippen LogP contribution in [0.25, 0.3) is 16.3 Å².